The molecule has 5 rings (SSSR count). The van der Waals surface area contributed by atoms with E-state index in [2.05, 4.69) is 29.7 Å². The number of ether oxygens (including phenoxy) is 2. The Balaban J connectivity index is 1.42. The molecule has 0 aliphatic carbocycles. The largest absolute Gasteiger partial charge is 0.573 e. The summed E-state index contributed by atoms with van der Waals surface area (Å²) < 4.78 is 153. The predicted molar refractivity (Wildman–Crippen MR) is 148 cm³/mol. The number of fused-ring (bicyclic) bond motifs is 1. The summed E-state index contributed by atoms with van der Waals surface area (Å²) in [6, 6.07) is 4.31. The van der Waals surface area contributed by atoms with Crippen molar-refractivity contribution in [2.75, 3.05) is 24.5 Å². The first-order chi connectivity index (χ1) is 22.4. The van der Waals surface area contributed by atoms with Crippen molar-refractivity contribution in [3.8, 4) is 11.5 Å². The highest BCUT2D eigenvalue weighted by molar-refractivity contribution is 7.89. The first-order valence-corrected chi connectivity index (χ1v) is 15.5. The van der Waals surface area contributed by atoms with E-state index < -0.39 is 88.8 Å². The average molecular weight is 731 g/mol. The molecule has 1 saturated heterocycles. The van der Waals surface area contributed by atoms with Crippen molar-refractivity contribution in [2.45, 2.75) is 36.6 Å². The maximum Gasteiger partial charge on any atom is 0.573 e. The van der Waals surface area contributed by atoms with Gasteiger partial charge < -0.3 is 19.7 Å². The van der Waals surface area contributed by atoms with Gasteiger partial charge in [-0.25, -0.2) is 22.8 Å². The molecule has 1 aliphatic heterocycles. The summed E-state index contributed by atoms with van der Waals surface area (Å²) in [4.78, 5) is 25.2. The number of nitrogens with zero attached hydrogens (tertiary/aromatic N) is 5. The van der Waals surface area contributed by atoms with Crippen LogP contribution in [0.1, 0.15) is 11.4 Å². The molecule has 1 N–H and O–H groups in total. The third kappa shape index (κ3) is 7.98. The Morgan fingerprint density at radius 1 is 1.02 bits per heavy atom. The van der Waals surface area contributed by atoms with E-state index in [-0.39, 0.29) is 27.6 Å². The smallest absolute Gasteiger partial charge is 0.435 e. The van der Waals surface area contributed by atoms with Crippen LogP contribution in [0.25, 0.3) is 10.3 Å². The number of thiazole rings is 1. The molecule has 1 fully saturated rings. The Hall–Kier alpha value is -4.44. The van der Waals surface area contributed by atoms with E-state index >= 15 is 0 Å². The normalized spacial score (nSPS) is 16.4. The fraction of sp³-hybridized carbons (Fsp3) is 0.308. The monoisotopic (exact) mass is 730 g/mol. The zero-order chi connectivity index (χ0) is 35.0. The highest BCUT2D eigenvalue weighted by Crippen LogP contribution is 2.34. The molecule has 1 amide bonds. The minimum Gasteiger partial charge on any atom is -0.435 e. The minimum absolute atomic E-state index is 0.0720. The number of aromatic nitrogens is 3. The van der Waals surface area contributed by atoms with Crippen molar-refractivity contribution in [3.05, 3.63) is 65.9 Å². The van der Waals surface area contributed by atoms with Gasteiger partial charge in [0.1, 0.15) is 23.4 Å². The second kappa shape index (κ2) is 13.2. The molecule has 3 heterocycles. The number of alkyl halides is 8. The molecule has 11 nitrogen and oxygen atoms in total. The van der Waals surface area contributed by atoms with E-state index in [0.717, 1.165) is 58.2 Å². The number of piperazine rings is 1. The van der Waals surface area contributed by atoms with Crippen LogP contribution in [0.5, 0.6) is 11.5 Å². The standard InChI is InChI=1S/C26H19F9N6O5S2/c27-17-9-15(45-23(28)29)2-1-13(17)10-36-21(42)18-12-40(24-39-20-19(47-24)11-37-22(38-20)25(30,31)32)7-8-41(18)48(43,44)16-5-3-14(4-6-16)46-26(33,34)35/h1-6,9,11,18,23H,7-8,10,12H2,(H,36,42)/t18-/m1/s1. The number of hydrogen-bond donors (Lipinski definition) is 1. The molecule has 1 aliphatic rings. The molecular weight excluding hydrogens is 711 g/mol. The Morgan fingerprint density at radius 2 is 1.71 bits per heavy atom. The van der Waals surface area contributed by atoms with Crippen molar-refractivity contribution in [3.63, 3.8) is 0 Å². The van der Waals surface area contributed by atoms with Crippen molar-refractivity contribution in [2.24, 2.45) is 0 Å². The topological polar surface area (TPSA) is 127 Å². The third-order valence-electron chi connectivity index (χ3n) is 6.66. The van der Waals surface area contributed by atoms with Crippen LogP contribution in [0.3, 0.4) is 0 Å². The van der Waals surface area contributed by atoms with Gasteiger partial charge in [-0.2, -0.15) is 31.2 Å². The average Bonchev–Trinajstić information content (AvgIpc) is 3.43. The first kappa shape index (κ1) is 34.9. The van der Waals surface area contributed by atoms with Crippen LogP contribution in [0.4, 0.5) is 44.6 Å². The number of halogens is 9. The van der Waals surface area contributed by atoms with Gasteiger partial charge in [0.05, 0.1) is 15.8 Å². The van der Waals surface area contributed by atoms with E-state index in [0.29, 0.717) is 6.07 Å². The molecule has 48 heavy (non-hydrogen) atoms. The minimum atomic E-state index is -5.05. The Bertz CT molecular complexity index is 1910. The number of amides is 1. The molecule has 0 spiro atoms. The van der Waals surface area contributed by atoms with Crippen LogP contribution in [-0.4, -0.2) is 72.2 Å². The van der Waals surface area contributed by atoms with Crippen molar-refractivity contribution < 1.29 is 62.2 Å². The van der Waals surface area contributed by atoms with Gasteiger partial charge in [-0.15, -0.1) is 13.2 Å². The Kier molecular flexibility index (Phi) is 9.61. The molecule has 22 heteroatoms. The van der Waals surface area contributed by atoms with Gasteiger partial charge in [0, 0.05) is 37.8 Å². The lowest BCUT2D eigenvalue weighted by molar-refractivity contribution is -0.274. The number of anilines is 1. The van der Waals surface area contributed by atoms with Crippen LogP contribution in [-0.2, 0) is 27.5 Å². The third-order valence-corrected chi connectivity index (χ3v) is 9.63. The van der Waals surface area contributed by atoms with Gasteiger partial charge in [0.2, 0.25) is 21.8 Å². The summed E-state index contributed by atoms with van der Waals surface area (Å²) in [5, 5.41) is 2.44. The van der Waals surface area contributed by atoms with Crippen LogP contribution in [0.15, 0.2) is 53.6 Å². The fourth-order valence-electron chi connectivity index (χ4n) is 4.54. The van der Waals surface area contributed by atoms with Gasteiger partial charge in [-0.05, 0) is 30.3 Å². The van der Waals surface area contributed by atoms with Gasteiger partial charge >= 0.3 is 19.2 Å². The first-order valence-electron chi connectivity index (χ1n) is 13.2. The molecule has 0 bridgehead atoms. The number of carbonyl (C=O) groups is 1. The molecule has 258 valence electrons. The van der Waals surface area contributed by atoms with Gasteiger partial charge in [-0.3, -0.25) is 4.79 Å². The van der Waals surface area contributed by atoms with Crippen LogP contribution in [0, 0.1) is 5.82 Å². The Labute approximate surface area is 268 Å². The molecule has 4 aromatic rings. The van der Waals surface area contributed by atoms with Gasteiger partial charge in [0.25, 0.3) is 0 Å². The zero-order valence-electron chi connectivity index (χ0n) is 23.6. The van der Waals surface area contributed by atoms with Gasteiger partial charge in [0.15, 0.2) is 10.8 Å². The van der Waals surface area contributed by atoms with Gasteiger partial charge in [-0.1, -0.05) is 17.4 Å². The summed E-state index contributed by atoms with van der Waals surface area (Å²) in [6.45, 7) is -4.74. The summed E-state index contributed by atoms with van der Waals surface area (Å²) in [5.74, 6) is -4.65. The SMILES string of the molecule is O=C(NCc1ccc(OC(F)F)cc1F)[C@H]1CN(c2nc3nc(C(F)(F)F)ncc3s2)CCN1S(=O)(=O)c1ccc(OC(F)(F)F)cc1. The predicted octanol–water partition coefficient (Wildman–Crippen LogP) is 4.94. The number of carbonyl (C=O) groups excluding carboxylic acids is 1. The maximum absolute atomic E-state index is 14.5. The molecule has 0 unspecified atom stereocenters. The van der Waals surface area contributed by atoms with Crippen LogP contribution >= 0.6 is 11.3 Å². The summed E-state index contributed by atoms with van der Waals surface area (Å²) in [5.41, 5.74) is -0.484. The molecule has 2 aromatic carbocycles. The number of sulfonamides is 1. The van der Waals surface area contributed by atoms with E-state index in [4.69, 9.17) is 0 Å². The van der Waals surface area contributed by atoms with E-state index in [9.17, 15) is 52.7 Å². The zero-order valence-corrected chi connectivity index (χ0v) is 25.2. The fourth-order valence-corrected chi connectivity index (χ4v) is 7.02. The Morgan fingerprint density at radius 3 is 2.33 bits per heavy atom. The summed E-state index contributed by atoms with van der Waals surface area (Å²) in [6.07, 6.45) is -8.99. The van der Waals surface area contributed by atoms with Crippen LogP contribution < -0.4 is 19.7 Å². The van der Waals surface area contributed by atoms with Crippen molar-refractivity contribution in [1.29, 1.82) is 0 Å². The lowest BCUT2D eigenvalue weighted by Crippen LogP contribution is -2.60. The maximum atomic E-state index is 14.5. The number of nitrogens with one attached hydrogen (secondary N) is 1. The lowest BCUT2D eigenvalue weighted by atomic mass is 10.1. The van der Waals surface area contributed by atoms with E-state index in [1.54, 1.807) is 0 Å². The molecule has 2 aromatic heterocycles. The van der Waals surface area contributed by atoms with Crippen molar-refractivity contribution in [1.82, 2.24) is 24.6 Å². The number of benzene rings is 2. The van der Waals surface area contributed by atoms with Crippen LogP contribution in [0.2, 0.25) is 0 Å². The quantitative estimate of drug-likeness (QED) is 0.239. The highest BCUT2D eigenvalue weighted by atomic mass is 32.2. The van der Waals surface area contributed by atoms with Crippen molar-refractivity contribution >= 4 is 42.7 Å². The highest BCUT2D eigenvalue weighted by Gasteiger charge is 2.41. The second-order valence-corrected chi connectivity index (χ2v) is 12.7. The number of rotatable bonds is 9. The van der Waals surface area contributed by atoms with E-state index in [1.807, 2.05) is 0 Å². The molecule has 1 atom stereocenters. The summed E-state index contributed by atoms with van der Waals surface area (Å²) >= 11 is 0.868. The molecular formula is C26H19F9N6O5S2. The summed E-state index contributed by atoms with van der Waals surface area (Å²) in [7, 11) is -4.59. The molecule has 0 radical (unpaired) electrons. The second-order valence-electron chi connectivity index (χ2n) is 9.82. The number of hydrogen-bond acceptors (Lipinski definition) is 10. The molecule has 0 saturated carbocycles. The van der Waals surface area contributed by atoms with E-state index in [1.165, 1.54) is 4.90 Å². The lowest BCUT2D eigenvalue weighted by Gasteiger charge is -2.39.